The molecule has 0 rings (SSSR count). The first kappa shape index (κ1) is 85.0. The quantitative estimate of drug-likeness (QED) is 0.0205. The Morgan fingerprint density at radius 3 is 1.07 bits per heavy atom. The minimum Gasteiger partial charge on any atom is -0.456 e. The maximum Gasteiger partial charge on any atom is 0.472 e. The number of carbonyl (C=O) groups excluding carboxylic acids is 2. The van der Waals surface area contributed by atoms with Gasteiger partial charge in [-0.15, -0.1) is 0 Å². The molecule has 0 saturated carbocycles. The third-order valence-electron chi connectivity index (χ3n) is 17.3. The Hall–Kier alpha value is -2.03. The number of unbranched alkanes of at least 4 members (excludes halogenated alkanes) is 48. The number of allylic oxidation sites excluding steroid dienone is 7. The van der Waals surface area contributed by atoms with Crippen LogP contribution in [0.1, 0.15) is 380 Å². The Morgan fingerprint density at radius 2 is 0.701 bits per heavy atom. The average Bonchev–Trinajstić information content (AvgIpc) is 3.70. The van der Waals surface area contributed by atoms with Gasteiger partial charge < -0.3 is 19.4 Å². The lowest BCUT2D eigenvalue weighted by molar-refractivity contribution is -0.870. The first-order valence-electron chi connectivity index (χ1n) is 38.0. The highest BCUT2D eigenvalue weighted by atomic mass is 31.2. The van der Waals surface area contributed by atoms with Crippen LogP contribution >= 0.6 is 7.82 Å². The second-order valence-corrected chi connectivity index (χ2v) is 28.6. The summed E-state index contributed by atoms with van der Waals surface area (Å²) >= 11 is 0. The van der Waals surface area contributed by atoms with Crippen molar-refractivity contribution in [2.45, 2.75) is 392 Å². The highest BCUT2D eigenvalue weighted by Gasteiger charge is 2.30. The normalized spacial score (nSPS) is 13.7. The summed E-state index contributed by atoms with van der Waals surface area (Å²) in [5.41, 5.74) is 0. The third kappa shape index (κ3) is 68.2. The number of hydrogen-bond acceptors (Lipinski definition) is 6. The van der Waals surface area contributed by atoms with Gasteiger partial charge >= 0.3 is 13.8 Å². The fourth-order valence-electron chi connectivity index (χ4n) is 11.4. The van der Waals surface area contributed by atoms with Crippen LogP contribution in [0.25, 0.3) is 0 Å². The van der Waals surface area contributed by atoms with E-state index in [1.165, 1.54) is 276 Å². The zero-order chi connectivity index (χ0) is 63.5. The van der Waals surface area contributed by atoms with E-state index in [0.29, 0.717) is 23.9 Å². The molecule has 1 amide bonds. The van der Waals surface area contributed by atoms with Crippen molar-refractivity contribution in [1.29, 1.82) is 0 Å². The number of rotatable bonds is 70. The molecular formula is C77H148N2O7P+. The molecule has 0 aromatic rings. The molecule has 0 heterocycles. The lowest BCUT2D eigenvalue weighted by Gasteiger charge is -2.27. The third-order valence-corrected chi connectivity index (χ3v) is 18.3. The van der Waals surface area contributed by atoms with Crippen LogP contribution in [0.4, 0.5) is 0 Å². The molecule has 0 spiro atoms. The van der Waals surface area contributed by atoms with Gasteiger partial charge in [0.2, 0.25) is 5.91 Å². The molecule has 0 saturated heterocycles. The zero-order valence-electron chi connectivity index (χ0n) is 58.8. The van der Waals surface area contributed by atoms with Gasteiger partial charge in [0, 0.05) is 12.8 Å². The predicted octanol–water partition coefficient (Wildman–Crippen LogP) is 24.4. The number of phosphoric acid groups is 1. The summed E-state index contributed by atoms with van der Waals surface area (Å²) in [5, 5.41) is 3.08. The van der Waals surface area contributed by atoms with Crippen LogP contribution in [0.3, 0.4) is 0 Å². The fraction of sp³-hybridized carbons (Fsp3) is 0.870. The van der Waals surface area contributed by atoms with Gasteiger partial charge in [0.15, 0.2) is 0 Å². The molecule has 9 nitrogen and oxygen atoms in total. The summed E-state index contributed by atoms with van der Waals surface area (Å²) in [4.78, 5) is 37.9. The number of esters is 1. The number of nitrogens with one attached hydrogen (secondary N) is 1. The maximum absolute atomic E-state index is 13.6. The summed E-state index contributed by atoms with van der Waals surface area (Å²) in [6, 6.07) is -0.847. The lowest BCUT2D eigenvalue weighted by atomic mass is 10.0. The minimum absolute atomic E-state index is 0.0424. The molecule has 0 aliphatic rings. The fourth-order valence-corrected chi connectivity index (χ4v) is 12.2. The van der Waals surface area contributed by atoms with Crippen molar-refractivity contribution in [1.82, 2.24) is 5.32 Å². The van der Waals surface area contributed by atoms with Crippen molar-refractivity contribution >= 4 is 19.7 Å². The molecule has 0 bridgehead atoms. The highest BCUT2D eigenvalue weighted by molar-refractivity contribution is 7.47. The van der Waals surface area contributed by atoms with Gasteiger partial charge in [0.05, 0.1) is 33.8 Å². The van der Waals surface area contributed by atoms with Crippen molar-refractivity contribution < 1.29 is 37.3 Å². The number of amides is 1. The standard InChI is InChI=1S/C77H147N2O7P/c1-7-10-13-16-19-22-25-27-29-31-33-35-37-38-39-40-42-43-45-47-49-51-54-57-60-63-66-69-76(80)78-74(73-85-87(82,83)84-72-71-79(4,5)6)75(68-65-62-59-56-53-24-21-18-15-12-9-3)86-77(81)70-67-64-61-58-55-52-50-48-46-44-41-36-34-32-30-28-26-23-20-17-14-11-8-2/h19,22,27,29,33,35,65,68,74-75H,7-18,20-21,23-26,28,30-32,34,36-64,66-67,69-73H2,1-6H3,(H-,78,80,82,83)/p+1/b22-19-,29-27-,35-33-,68-65+. The predicted molar refractivity (Wildman–Crippen MR) is 379 cm³/mol. The molecule has 87 heavy (non-hydrogen) atoms. The highest BCUT2D eigenvalue weighted by Crippen LogP contribution is 2.43. The zero-order valence-corrected chi connectivity index (χ0v) is 59.7. The van der Waals surface area contributed by atoms with Gasteiger partial charge in [-0.05, 0) is 70.3 Å². The van der Waals surface area contributed by atoms with Gasteiger partial charge in [-0.25, -0.2) is 4.57 Å². The molecule has 512 valence electrons. The van der Waals surface area contributed by atoms with E-state index < -0.39 is 20.0 Å². The van der Waals surface area contributed by atoms with E-state index in [9.17, 15) is 19.0 Å². The first-order chi connectivity index (χ1) is 42.4. The molecule has 3 unspecified atom stereocenters. The SMILES string of the molecule is CCCCC/C=C\C/C=C\C/C=C\CCCCCCCCCCCCCCCCC(=O)NC(COP(=O)(O)OCC[N+](C)(C)C)C(/C=C/CCCCCCCCCCC)OC(=O)CCCCCCCCCCCCCCCCCCCCCCCCC. The van der Waals surface area contributed by atoms with E-state index in [2.05, 4.69) is 62.5 Å². The van der Waals surface area contributed by atoms with Gasteiger partial charge in [-0.2, -0.15) is 0 Å². The topological polar surface area (TPSA) is 111 Å². The smallest absolute Gasteiger partial charge is 0.456 e. The Morgan fingerprint density at radius 1 is 0.402 bits per heavy atom. The molecule has 3 atom stereocenters. The van der Waals surface area contributed by atoms with E-state index >= 15 is 0 Å². The average molecular weight is 1250 g/mol. The number of hydrogen-bond donors (Lipinski definition) is 2. The van der Waals surface area contributed by atoms with Gasteiger partial charge in [0.25, 0.3) is 0 Å². The van der Waals surface area contributed by atoms with Crippen LogP contribution in [-0.2, 0) is 27.9 Å². The number of quaternary nitrogens is 1. The van der Waals surface area contributed by atoms with Crippen LogP contribution in [-0.4, -0.2) is 74.3 Å². The van der Waals surface area contributed by atoms with E-state index in [1.807, 2.05) is 33.3 Å². The molecular weight excluding hydrogens is 1100 g/mol. The molecule has 0 fully saturated rings. The number of phosphoric ester groups is 1. The second kappa shape index (κ2) is 66.9. The summed E-state index contributed by atoms with van der Waals surface area (Å²) in [6.07, 6.45) is 85.7. The number of carbonyl (C=O) groups is 2. The van der Waals surface area contributed by atoms with E-state index in [1.54, 1.807) is 0 Å². The Kier molecular flexibility index (Phi) is 65.3. The second-order valence-electron chi connectivity index (χ2n) is 27.2. The van der Waals surface area contributed by atoms with Crippen molar-refractivity contribution in [3.63, 3.8) is 0 Å². The summed E-state index contributed by atoms with van der Waals surface area (Å²) in [5.74, 6) is -0.486. The summed E-state index contributed by atoms with van der Waals surface area (Å²) in [6.45, 7) is 7.04. The van der Waals surface area contributed by atoms with E-state index in [-0.39, 0.29) is 25.1 Å². The largest absolute Gasteiger partial charge is 0.472 e. The number of ether oxygens (including phenoxy) is 1. The van der Waals surface area contributed by atoms with E-state index in [4.69, 9.17) is 13.8 Å². The Balaban J connectivity index is 4.91. The van der Waals surface area contributed by atoms with Gasteiger partial charge in [0.1, 0.15) is 19.3 Å². The van der Waals surface area contributed by atoms with Crippen molar-refractivity contribution in [3.8, 4) is 0 Å². The molecule has 0 aromatic carbocycles. The van der Waals surface area contributed by atoms with Crippen LogP contribution < -0.4 is 5.32 Å². The molecule has 0 aromatic heterocycles. The number of nitrogens with zero attached hydrogens (tertiary/aromatic N) is 1. The van der Waals surface area contributed by atoms with Gasteiger partial charge in [-0.1, -0.05) is 346 Å². The van der Waals surface area contributed by atoms with Crippen LogP contribution in [0.2, 0.25) is 0 Å². The number of likely N-dealkylation sites (N-methyl/N-ethyl adjacent to an activating group) is 1. The van der Waals surface area contributed by atoms with Crippen molar-refractivity contribution in [2.75, 3.05) is 40.9 Å². The van der Waals surface area contributed by atoms with Crippen molar-refractivity contribution in [3.05, 3.63) is 48.6 Å². The monoisotopic (exact) mass is 1240 g/mol. The molecule has 10 heteroatoms. The van der Waals surface area contributed by atoms with Crippen LogP contribution in [0.5, 0.6) is 0 Å². The summed E-state index contributed by atoms with van der Waals surface area (Å²) in [7, 11) is 1.51. The maximum atomic E-state index is 13.6. The van der Waals surface area contributed by atoms with Gasteiger partial charge in [-0.3, -0.25) is 18.6 Å². The Bertz CT molecular complexity index is 1620. The lowest BCUT2D eigenvalue weighted by Crippen LogP contribution is -2.47. The van der Waals surface area contributed by atoms with Crippen molar-refractivity contribution in [2.24, 2.45) is 0 Å². The molecule has 0 radical (unpaired) electrons. The van der Waals surface area contributed by atoms with Crippen LogP contribution in [0.15, 0.2) is 48.6 Å². The molecule has 0 aliphatic carbocycles. The first-order valence-corrected chi connectivity index (χ1v) is 39.5. The molecule has 0 aliphatic heterocycles. The minimum atomic E-state index is -4.45. The summed E-state index contributed by atoms with van der Waals surface area (Å²) < 4.78 is 30.9. The van der Waals surface area contributed by atoms with E-state index in [0.717, 1.165) is 70.6 Å². The molecule has 2 N–H and O–H groups in total. The van der Waals surface area contributed by atoms with Crippen LogP contribution in [0, 0.1) is 0 Å². The Labute approximate surface area is 541 Å².